The first-order valence-electron chi connectivity index (χ1n) is 6.80. The zero-order chi connectivity index (χ0) is 14.7. The average Bonchev–Trinajstić information content (AvgIpc) is 3.01. The van der Waals surface area contributed by atoms with E-state index in [9.17, 15) is 0 Å². The molecule has 3 rings (SSSR count). The lowest BCUT2D eigenvalue weighted by molar-refractivity contribution is 0.414. The molecule has 0 amide bonds. The predicted molar refractivity (Wildman–Crippen MR) is 87.4 cm³/mol. The Morgan fingerprint density at radius 3 is 2.71 bits per heavy atom. The molecule has 2 heterocycles. The fourth-order valence-electron chi connectivity index (χ4n) is 2.28. The number of benzene rings is 1. The van der Waals surface area contributed by atoms with Gasteiger partial charge in [-0.3, -0.25) is 0 Å². The molecule has 0 radical (unpaired) electrons. The van der Waals surface area contributed by atoms with Gasteiger partial charge in [-0.1, -0.05) is 12.1 Å². The molecule has 5 heteroatoms. The largest absolute Gasteiger partial charge is 0.497 e. The normalized spacial score (nSPS) is 10.8. The summed E-state index contributed by atoms with van der Waals surface area (Å²) >= 11 is 1.65. The van der Waals surface area contributed by atoms with E-state index in [1.54, 1.807) is 24.8 Å². The van der Waals surface area contributed by atoms with E-state index < -0.39 is 0 Å². The Morgan fingerprint density at radius 1 is 1.14 bits per heavy atom. The first kappa shape index (κ1) is 13.8. The Balaban J connectivity index is 1.71. The maximum Gasteiger partial charge on any atom is 0.140 e. The van der Waals surface area contributed by atoms with Gasteiger partial charge in [0.05, 0.1) is 12.5 Å². The highest BCUT2D eigenvalue weighted by Gasteiger charge is 2.09. The molecule has 0 atom stereocenters. The minimum atomic E-state index is 0.892. The molecule has 1 aromatic carbocycles. The number of methoxy groups -OCH3 is 1. The van der Waals surface area contributed by atoms with Gasteiger partial charge in [-0.05, 0) is 35.6 Å². The summed E-state index contributed by atoms with van der Waals surface area (Å²) in [5.74, 6) is 1.89. The summed E-state index contributed by atoms with van der Waals surface area (Å²) in [7, 11) is 3.76. The molecular weight excluding hydrogens is 282 g/mol. The van der Waals surface area contributed by atoms with E-state index in [-0.39, 0.29) is 0 Å². The third-order valence-corrected chi connectivity index (χ3v) is 4.32. The van der Waals surface area contributed by atoms with E-state index in [4.69, 9.17) is 4.74 Å². The third-order valence-electron chi connectivity index (χ3n) is 3.50. The number of hydrogen-bond donors (Lipinski definition) is 0. The minimum absolute atomic E-state index is 0.892. The van der Waals surface area contributed by atoms with Gasteiger partial charge in [-0.2, -0.15) is 0 Å². The fraction of sp³-hybridized carbons (Fsp3) is 0.250. The zero-order valence-electron chi connectivity index (χ0n) is 12.1. The van der Waals surface area contributed by atoms with Crippen LogP contribution in [0, 0.1) is 0 Å². The van der Waals surface area contributed by atoms with Crippen LogP contribution in [0.4, 0.5) is 5.82 Å². The fourth-order valence-corrected chi connectivity index (χ4v) is 3.00. The van der Waals surface area contributed by atoms with Crippen molar-refractivity contribution < 1.29 is 4.74 Å². The van der Waals surface area contributed by atoms with Crippen molar-refractivity contribution in [2.24, 2.45) is 0 Å². The van der Waals surface area contributed by atoms with E-state index >= 15 is 0 Å². The van der Waals surface area contributed by atoms with E-state index in [0.29, 0.717) is 0 Å². The van der Waals surface area contributed by atoms with Crippen LogP contribution in [0.1, 0.15) is 5.56 Å². The van der Waals surface area contributed by atoms with Crippen LogP contribution in [0.3, 0.4) is 0 Å². The summed E-state index contributed by atoms with van der Waals surface area (Å²) < 4.78 is 5.18. The highest BCUT2D eigenvalue weighted by molar-refractivity contribution is 7.16. The van der Waals surface area contributed by atoms with Gasteiger partial charge in [0.15, 0.2) is 0 Å². The van der Waals surface area contributed by atoms with Gasteiger partial charge in [0, 0.05) is 13.6 Å². The van der Waals surface area contributed by atoms with Crippen molar-refractivity contribution in [1.82, 2.24) is 9.97 Å². The van der Waals surface area contributed by atoms with E-state index in [1.165, 1.54) is 5.56 Å². The smallest absolute Gasteiger partial charge is 0.140 e. The lowest BCUT2D eigenvalue weighted by atomic mass is 10.1. The molecular formula is C16H17N3OS. The van der Waals surface area contributed by atoms with Crippen molar-refractivity contribution in [2.45, 2.75) is 6.42 Å². The minimum Gasteiger partial charge on any atom is -0.497 e. The van der Waals surface area contributed by atoms with E-state index in [2.05, 4.69) is 45.5 Å². The Bertz CT molecular complexity index is 724. The van der Waals surface area contributed by atoms with Crippen LogP contribution in [0.25, 0.3) is 10.2 Å². The molecule has 0 saturated heterocycles. The first-order valence-corrected chi connectivity index (χ1v) is 7.68. The standard InChI is InChI=1S/C16H17N3OS/c1-19(9-7-12-3-5-13(20-2)6-4-12)15-14-8-10-21-16(14)18-11-17-15/h3-6,8,10-11H,7,9H2,1-2H3. The second-order valence-corrected chi connectivity index (χ2v) is 5.75. The van der Waals surface area contributed by atoms with Crippen LogP contribution >= 0.6 is 11.3 Å². The molecule has 21 heavy (non-hydrogen) atoms. The number of likely N-dealkylation sites (N-methyl/N-ethyl adjacent to an activating group) is 1. The maximum absolute atomic E-state index is 5.18. The number of aromatic nitrogens is 2. The van der Waals surface area contributed by atoms with Crippen LogP contribution in [-0.4, -0.2) is 30.7 Å². The van der Waals surface area contributed by atoms with Gasteiger partial charge in [0.25, 0.3) is 0 Å². The third kappa shape index (κ3) is 2.97. The maximum atomic E-state index is 5.18. The monoisotopic (exact) mass is 299 g/mol. The Kier molecular flexibility index (Phi) is 4.01. The molecule has 0 saturated carbocycles. The van der Waals surface area contributed by atoms with Crippen molar-refractivity contribution in [3.8, 4) is 5.75 Å². The van der Waals surface area contributed by atoms with E-state index in [0.717, 1.165) is 34.7 Å². The highest BCUT2D eigenvalue weighted by atomic mass is 32.1. The predicted octanol–water partition coefficient (Wildman–Crippen LogP) is 3.38. The van der Waals surface area contributed by atoms with Gasteiger partial charge >= 0.3 is 0 Å². The van der Waals surface area contributed by atoms with E-state index in [1.807, 2.05) is 12.1 Å². The summed E-state index contributed by atoms with van der Waals surface area (Å²) in [4.78, 5) is 11.9. The zero-order valence-corrected chi connectivity index (χ0v) is 12.9. The van der Waals surface area contributed by atoms with Crippen LogP contribution in [0.2, 0.25) is 0 Å². The Morgan fingerprint density at radius 2 is 1.95 bits per heavy atom. The second-order valence-electron chi connectivity index (χ2n) is 4.86. The molecule has 0 spiro atoms. The van der Waals surface area contributed by atoms with Crippen molar-refractivity contribution in [2.75, 3.05) is 25.6 Å². The molecule has 0 fully saturated rings. The lowest BCUT2D eigenvalue weighted by Gasteiger charge is -2.18. The average molecular weight is 299 g/mol. The van der Waals surface area contributed by atoms with Gasteiger partial charge in [-0.25, -0.2) is 9.97 Å². The Labute approximate surface area is 128 Å². The summed E-state index contributed by atoms with van der Waals surface area (Å²) in [5, 5.41) is 3.18. The molecule has 108 valence electrons. The molecule has 0 N–H and O–H groups in total. The van der Waals surface area contributed by atoms with Crippen molar-refractivity contribution in [1.29, 1.82) is 0 Å². The van der Waals surface area contributed by atoms with Gasteiger partial charge in [0.2, 0.25) is 0 Å². The quantitative estimate of drug-likeness (QED) is 0.724. The molecule has 0 bridgehead atoms. The van der Waals surface area contributed by atoms with Gasteiger partial charge < -0.3 is 9.64 Å². The summed E-state index contributed by atoms with van der Waals surface area (Å²) in [6, 6.07) is 10.3. The first-order chi connectivity index (χ1) is 10.3. The van der Waals surface area contributed by atoms with Crippen molar-refractivity contribution in [3.05, 3.63) is 47.6 Å². The number of hydrogen-bond acceptors (Lipinski definition) is 5. The summed E-state index contributed by atoms with van der Waals surface area (Å²) in [6.45, 7) is 0.911. The number of nitrogens with zero attached hydrogens (tertiary/aromatic N) is 3. The molecule has 0 aliphatic heterocycles. The number of thiophene rings is 1. The van der Waals surface area contributed by atoms with Crippen molar-refractivity contribution in [3.63, 3.8) is 0 Å². The molecule has 3 aromatic rings. The number of rotatable bonds is 5. The van der Waals surface area contributed by atoms with Crippen LogP contribution in [-0.2, 0) is 6.42 Å². The topological polar surface area (TPSA) is 38.2 Å². The number of ether oxygens (including phenoxy) is 1. The van der Waals surface area contributed by atoms with Crippen LogP contribution in [0.5, 0.6) is 5.75 Å². The molecule has 4 nitrogen and oxygen atoms in total. The van der Waals surface area contributed by atoms with Gasteiger partial charge in [-0.15, -0.1) is 11.3 Å². The number of fused-ring (bicyclic) bond motifs is 1. The Hall–Kier alpha value is -2.14. The van der Waals surface area contributed by atoms with Crippen LogP contribution < -0.4 is 9.64 Å². The summed E-state index contributed by atoms with van der Waals surface area (Å²) in [5.41, 5.74) is 1.29. The molecule has 0 aliphatic rings. The molecule has 0 aliphatic carbocycles. The highest BCUT2D eigenvalue weighted by Crippen LogP contribution is 2.26. The number of anilines is 1. The molecule has 2 aromatic heterocycles. The van der Waals surface area contributed by atoms with Crippen LogP contribution in [0.15, 0.2) is 42.0 Å². The lowest BCUT2D eigenvalue weighted by Crippen LogP contribution is -2.21. The van der Waals surface area contributed by atoms with Crippen molar-refractivity contribution >= 4 is 27.4 Å². The van der Waals surface area contributed by atoms with Gasteiger partial charge in [0.1, 0.15) is 22.7 Å². The SMILES string of the molecule is COc1ccc(CCN(C)c2ncnc3sccc23)cc1. The second kappa shape index (κ2) is 6.10. The summed E-state index contributed by atoms with van der Waals surface area (Å²) in [6.07, 6.45) is 2.61. The molecule has 0 unspecified atom stereocenters.